The van der Waals surface area contributed by atoms with Crippen LogP contribution in [0.3, 0.4) is 0 Å². The van der Waals surface area contributed by atoms with Crippen molar-refractivity contribution in [3.05, 3.63) is 326 Å². The molecular formula is C77H50N2. The fourth-order valence-electron chi connectivity index (χ4n) is 13.4. The van der Waals surface area contributed by atoms with Crippen molar-refractivity contribution >= 4 is 49.6 Å². The first-order valence-electron chi connectivity index (χ1n) is 27.4. The summed E-state index contributed by atoms with van der Waals surface area (Å²) in [4.78, 5) is 2.44. The van der Waals surface area contributed by atoms with Gasteiger partial charge in [0, 0.05) is 33.5 Å². The largest absolute Gasteiger partial charge is 0.310 e. The zero-order valence-electron chi connectivity index (χ0n) is 43.3. The first kappa shape index (κ1) is 45.0. The Morgan fingerprint density at radius 1 is 0.241 bits per heavy atom. The van der Waals surface area contributed by atoms with E-state index in [0.29, 0.717) is 0 Å². The number of anilines is 3. The zero-order chi connectivity index (χ0) is 52.0. The lowest BCUT2D eigenvalue weighted by Gasteiger charge is -2.32. The Kier molecular flexibility index (Phi) is 10.2. The summed E-state index contributed by atoms with van der Waals surface area (Å²) in [6, 6.07) is 112. The van der Waals surface area contributed by atoms with E-state index in [2.05, 4.69) is 313 Å². The number of rotatable bonds is 8. The molecule has 2 aliphatic carbocycles. The average Bonchev–Trinajstić information content (AvgIpc) is 3.44. The topological polar surface area (TPSA) is 8.17 Å². The number of hydrogen-bond acceptors (Lipinski definition) is 1. The maximum atomic E-state index is 2.48. The normalized spacial score (nSPS) is 12.7. The van der Waals surface area contributed by atoms with Crippen LogP contribution in [0.2, 0.25) is 0 Å². The molecule has 1 aromatic heterocycles. The molecule has 2 aliphatic rings. The fourth-order valence-corrected chi connectivity index (χ4v) is 13.4. The third-order valence-electron chi connectivity index (χ3n) is 17.0. The molecule has 13 aromatic carbocycles. The number of aromatic nitrogens is 1. The van der Waals surface area contributed by atoms with E-state index in [1.165, 1.54) is 122 Å². The highest BCUT2D eigenvalue weighted by Crippen LogP contribution is 2.63. The van der Waals surface area contributed by atoms with Crippen LogP contribution in [0.1, 0.15) is 22.3 Å². The van der Waals surface area contributed by atoms with Gasteiger partial charge in [-0.25, -0.2) is 0 Å². The molecule has 14 aromatic rings. The monoisotopic (exact) mass is 1000 g/mol. The molecule has 2 heteroatoms. The van der Waals surface area contributed by atoms with Gasteiger partial charge in [0.15, 0.2) is 0 Å². The van der Waals surface area contributed by atoms with Crippen molar-refractivity contribution in [3.8, 4) is 72.4 Å². The highest BCUT2D eigenvalue weighted by Gasteiger charge is 2.51. The SMILES string of the molecule is c1ccc(-c2ccc(-n3c4ccccc4c4cc(-c5ccc(-c6ccc(N(c7ccc(-c8ccc9ccccc9c8)cc7)c7ccc8c(c7)C7(c9ccccc9-c9ccccc97)c7ccccc7-8)cc6)cc5)ccc43)cc2)cc1. The first-order chi connectivity index (χ1) is 39.2. The van der Waals surface area contributed by atoms with E-state index in [4.69, 9.17) is 0 Å². The minimum absolute atomic E-state index is 0.447. The van der Waals surface area contributed by atoms with Crippen molar-refractivity contribution in [2.24, 2.45) is 0 Å². The van der Waals surface area contributed by atoms with E-state index in [1.807, 2.05) is 0 Å². The van der Waals surface area contributed by atoms with Crippen LogP contribution in [-0.4, -0.2) is 4.57 Å². The van der Waals surface area contributed by atoms with Crippen molar-refractivity contribution in [3.63, 3.8) is 0 Å². The number of para-hydroxylation sites is 1. The van der Waals surface area contributed by atoms with Crippen molar-refractivity contribution in [2.75, 3.05) is 4.90 Å². The summed E-state index contributed by atoms with van der Waals surface area (Å²) >= 11 is 0. The third kappa shape index (κ3) is 7.05. The minimum Gasteiger partial charge on any atom is -0.310 e. The summed E-state index contributed by atoms with van der Waals surface area (Å²) in [6.45, 7) is 0. The van der Waals surface area contributed by atoms with Crippen molar-refractivity contribution < 1.29 is 0 Å². The quantitative estimate of drug-likeness (QED) is 0.147. The predicted molar refractivity (Wildman–Crippen MR) is 331 cm³/mol. The number of hydrogen-bond donors (Lipinski definition) is 0. The Morgan fingerprint density at radius 2 is 0.658 bits per heavy atom. The molecule has 0 aliphatic heterocycles. The van der Waals surface area contributed by atoms with Gasteiger partial charge in [-0.3, -0.25) is 0 Å². The maximum Gasteiger partial charge on any atom is 0.0726 e. The number of benzene rings is 13. The molecule has 1 spiro atoms. The summed E-state index contributed by atoms with van der Waals surface area (Å²) < 4.78 is 2.39. The van der Waals surface area contributed by atoms with E-state index in [-0.39, 0.29) is 0 Å². The van der Waals surface area contributed by atoms with Gasteiger partial charge in [0.05, 0.1) is 16.4 Å². The van der Waals surface area contributed by atoms with Gasteiger partial charge in [-0.15, -0.1) is 0 Å². The maximum absolute atomic E-state index is 2.48. The molecule has 0 N–H and O–H groups in total. The molecule has 0 saturated carbocycles. The van der Waals surface area contributed by atoms with Crippen LogP contribution in [0, 0.1) is 0 Å². The van der Waals surface area contributed by atoms with E-state index in [1.54, 1.807) is 0 Å². The highest BCUT2D eigenvalue weighted by molar-refractivity contribution is 6.10. The minimum atomic E-state index is -0.447. The molecule has 0 saturated heterocycles. The molecule has 368 valence electrons. The highest BCUT2D eigenvalue weighted by atomic mass is 15.1. The number of fused-ring (bicyclic) bond motifs is 14. The first-order valence-corrected chi connectivity index (χ1v) is 27.4. The Balaban J connectivity index is 0.764. The van der Waals surface area contributed by atoms with Gasteiger partial charge in [0.25, 0.3) is 0 Å². The standard InChI is InChI=1S/C77H50N2/c1-2-14-51(15-3-1)54-34-43-63(44-35-54)79-75-25-13-9-21-69(75)70-49-60(38-47-76(70)79)56-28-26-53(27-29-56)55-32-39-61(40-33-55)78(62-41-36-57(37-42-62)59-31-30-52-16-4-5-17-58(52)48-59)64-45-46-68-67-20-8-12-24-73(67)77(74(68)50-64)71-22-10-6-18-65(71)66-19-7-11-23-72(66)77/h1-50H. The molecule has 0 fully saturated rings. The smallest absolute Gasteiger partial charge is 0.0726 e. The molecule has 1 heterocycles. The lowest BCUT2D eigenvalue weighted by Crippen LogP contribution is -2.26. The Labute approximate surface area is 460 Å². The zero-order valence-corrected chi connectivity index (χ0v) is 43.3. The van der Waals surface area contributed by atoms with Gasteiger partial charge in [-0.1, -0.05) is 231 Å². The average molecular weight is 1000 g/mol. The second-order valence-corrected chi connectivity index (χ2v) is 21.2. The van der Waals surface area contributed by atoms with E-state index >= 15 is 0 Å². The summed E-state index contributed by atoms with van der Waals surface area (Å²) in [5.41, 5.74) is 26.5. The summed E-state index contributed by atoms with van der Waals surface area (Å²) in [6.07, 6.45) is 0. The van der Waals surface area contributed by atoms with Crippen LogP contribution in [0.4, 0.5) is 17.1 Å². The van der Waals surface area contributed by atoms with Crippen molar-refractivity contribution in [1.29, 1.82) is 0 Å². The summed E-state index contributed by atoms with van der Waals surface area (Å²) in [5.74, 6) is 0. The second kappa shape index (κ2) is 17.9. The Bertz CT molecular complexity index is 4620. The predicted octanol–water partition coefficient (Wildman–Crippen LogP) is 20.4. The third-order valence-corrected chi connectivity index (χ3v) is 17.0. The molecule has 2 nitrogen and oxygen atoms in total. The lowest BCUT2D eigenvalue weighted by molar-refractivity contribution is 0.793. The van der Waals surface area contributed by atoms with Gasteiger partial charge in [0.2, 0.25) is 0 Å². The van der Waals surface area contributed by atoms with Crippen LogP contribution in [0.25, 0.3) is 105 Å². The van der Waals surface area contributed by atoms with Gasteiger partial charge in [0.1, 0.15) is 0 Å². The van der Waals surface area contributed by atoms with Crippen LogP contribution in [-0.2, 0) is 5.41 Å². The molecule has 16 rings (SSSR count). The molecule has 0 atom stereocenters. The van der Waals surface area contributed by atoms with Crippen molar-refractivity contribution in [2.45, 2.75) is 5.41 Å². The second-order valence-electron chi connectivity index (χ2n) is 21.2. The molecule has 79 heavy (non-hydrogen) atoms. The van der Waals surface area contributed by atoms with Crippen LogP contribution >= 0.6 is 0 Å². The molecule has 0 unspecified atom stereocenters. The van der Waals surface area contributed by atoms with Crippen LogP contribution < -0.4 is 4.90 Å². The Hall–Kier alpha value is -10.3. The van der Waals surface area contributed by atoms with Crippen LogP contribution in [0.15, 0.2) is 303 Å². The van der Waals surface area contributed by atoms with E-state index in [0.717, 1.165) is 22.7 Å². The summed E-state index contributed by atoms with van der Waals surface area (Å²) in [5, 5.41) is 4.98. The van der Waals surface area contributed by atoms with Gasteiger partial charge < -0.3 is 9.47 Å². The fraction of sp³-hybridized carbons (Fsp3) is 0.0130. The van der Waals surface area contributed by atoms with Gasteiger partial charge in [-0.2, -0.15) is 0 Å². The van der Waals surface area contributed by atoms with E-state index < -0.39 is 5.41 Å². The molecular weight excluding hydrogens is 953 g/mol. The lowest BCUT2D eigenvalue weighted by atomic mass is 9.70. The van der Waals surface area contributed by atoms with Gasteiger partial charge in [-0.05, 0) is 173 Å². The van der Waals surface area contributed by atoms with Crippen molar-refractivity contribution in [1.82, 2.24) is 4.57 Å². The van der Waals surface area contributed by atoms with Gasteiger partial charge >= 0.3 is 0 Å². The van der Waals surface area contributed by atoms with E-state index in [9.17, 15) is 0 Å². The number of nitrogens with zero attached hydrogens (tertiary/aromatic N) is 2. The van der Waals surface area contributed by atoms with Crippen LogP contribution in [0.5, 0.6) is 0 Å². The Morgan fingerprint density at radius 3 is 1.28 bits per heavy atom. The molecule has 0 amide bonds. The molecule has 0 radical (unpaired) electrons. The molecule has 0 bridgehead atoms. The summed E-state index contributed by atoms with van der Waals surface area (Å²) in [7, 11) is 0.